The van der Waals surface area contributed by atoms with E-state index in [0.29, 0.717) is 5.92 Å². The number of rotatable bonds is 2. The van der Waals surface area contributed by atoms with Crippen LogP contribution in [0.5, 0.6) is 0 Å². The number of nitrogens with one attached hydrogen (secondary N) is 1. The maximum absolute atomic E-state index is 12.1. The summed E-state index contributed by atoms with van der Waals surface area (Å²) in [7, 11) is 0. The lowest BCUT2D eigenvalue weighted by Crippen LogP contribution is -2.47. The van der Waals surface area contributed by atoms with Gasteiger partial charge in [0.05, 0.1) is 12.1 Å². The molecule has 0 aromatic rings. The summed E-state index contributed by atoms with van der Waals surface area (Å²) in [6.07, 6.45) is 3.74. The molecule has 2 fully saturated rings. The molecule has 4 heteroatoms. The highest BCUT2D eigenvalue weighted by Crippen LogP contribution is 2.21. The van der Waals surface area contributed by atoms with Crippen molar-refractivity contribution in [3.63, 3.8) is 0 Å². The predicted octanol–water partition coefficient (Wildman–Crippen LogP) is 0.358. The monoisotopic (exact) mass is 226 g/mol. The predicted molar refractivity (Wildman–Crippen MR) is 62.0 cm³/mol. The van der Waals surface area contributed by atoms with Gasteiger partial charge in [-0.2, -0.15) is 0 Å². The van der Waals surface area contributed by atoms with Crippen molar-refractivity contribution < 1.29 is 9.90 Å². The summed E-state index contributed by atoms with van der Waals surface area (Å²) >= 11 is 0. The van der Waals surface area contributed by atoms with Crippen LogP contribution in [0.4, 0.5) is 0 Å². The maximum Gasteiger partial charge on any atom is 0.239 e. The fraction of sp³-hybridized carbons (Fsp3) is 0.917. The SMILES string of the molecule is C[C@@H](O)C1CCN(C(=O)[C@@H]2CCCN2)CC1. The molecule has 92 valence electrons. The van der Waals surface area contributed by atoms with E-state index >= 15 is 0 Å². The molecule has 2 saturated heterocycles. The molecule has 2 aliphatic rings. The second kappa shape index (κ2) is 5.15. The van der Waals surface area contributed by atoms with Crippen LogP contribution < -0.4 is 5.32 Å². The van der Waals surface area contributed by atoms with E-state index in [1.165, 1.54) is 0 Å². The number of carbonyl (C=O) groups is 1. The Hall–Kier alpha value is -0.610. The highest BCUT2D eigenvalue weighted by Gasteiger charge is 2.30. The van der Waals surface area contributed by atoms with Crippen LogP contribution in [0, 0.1) is 5.92 Å². The maximum atomic E-state index is 12.1. The van der Waals surface area contributed by atoms with Gasteiger partial charge >= 0.3 is 0 Å². The first-order valence-corrected chi connectivity index (χ1v) is 6.38. The number of aliphatic hydroxyl groups is 1. The molecule has 2 rings (SSSR count). The van der Waals surface area contributed by atoms with Crippen LogP contribution in [0.25, 0.3) is 0 Å². The van der Waals surface area contributed by atoms with Gasteiger partial charge in [-0.25, -0.2) is 0 Å². The summed E-state index contributed by atoms with van der Waals surface area (Å²) < 4.78 is 0. The minimum absolute atomic E-state index is 0.0584. The van der Waals surface area contributed by atoms with Gasteiger partial charge in [-0.05, 0) is 45.1 Å². The molecule has 0 aliphatic carbocycles. The molecule has 0 bridgehead atoms. The third kappa shape index (κ3) is 2.55. The summed E-state index contributed by atoms with van der Waals surface area (Å²) in [6, 6.07) is 0.0584. The molecule has 0 aromatic carbocycles. The third-order valence-corrected chi connectivity index (χ3v) is 3.89. The number of hydrogen-bond donors (Lipinski definition) is 2. The summed E-state index contributed by atoms with van der Waals surface area (Å²) in [4.78, 5) is 14.0. The molecule has 0 aromatic heterocycles. The second-order valence-electron chi connectivity index (χ2n) is 5.05. The van der Waals surface area contributed by atoms with Crippen molar-refractivity contribution in [1.82, 2.24) is 10.2 Å². The Balaban J connectivity index is 1.81. The van der Waals surface area contributed by atoms with Crippen molar-refractivity contribution in [2.45, 2.75) is 44.8 Å². The van der Waals surface area contributed by atoms with E-state index < -0.39 is 0 Å². The Morgan fingerprint density at radius 2 is 2.06 bits per heavy atom. The molecule has 0 spiro atoms. The van der Waals surface area contributed by atoms with Crippen LogP contribution in [0.2, 0.25) is 0 Å². The fourth-order valence-electron chi connectivity index (χ4n) is 2.72. The first kappa shape index (κ1) is 11.9. The summed E-state index contributed by atoms with van der Waals surface area (Å²) in [5, 5.41) is 12.7. The zero-order valence-corrected chi connectivity index (χ0v) is 9.98. The van der Waals surface area contributed by atoms with E-state index in [-0.39, 0.29) is 18.1 Å². The number of carbonyl (C=O) groups excluding carboxylic acids is 1. The van der Waals surface area contributed by atoms with Crippen molar-refractivity contribution >= 4 is 5.91 Å². The number of likely N-dealkylation sites (tertiary alicyclic amines) is 1. The zero-order chi connectivity index (χ0) is 11.5. The number of hydrogen-bond acceptors (Lipinski definition) is 3. The van der Waals surface area contributed by atoms with Crippen LogP contribution in [0.1, 0.15) is 32.6 Å². The van der Waals surface area contributed by atoms with Gasteiger partial charge in [0.2, 0.25) is 5.91 Å². The van der Waals surface area contributed by atoms with E-state index in [2.05, 4.69) is 5.32 Å². The molecule has 2 atom stereocenters. The van der Waals surface area contributed by atoms with E-state index in [0.717, 1.165) is 45.3 Å². The van der Waals surface area contributed by atoms with Crippen LogP contribution in [0.3, 0.4) is 0 Å². The molecular weight excluding hydrogens is 204 g/mol. The Kier molecular flexibility index (Phi) is 3.82. The molecule has 0 unspecified atom stereocenters. The lowest BCUT2D eigenvalue weighted by molar-refractivity contribution is -0.135. The summed E-state index contributed by atoms with van der Waals surface area (Å²) in [6.45, 7) is 4.44. The molecule has 0 radical (unpaired) electrons. The smallest absolute Gasteiger partial charge is 0.239 e. The number of piperidine rings is 1. The lowest BCUT2D eigenvalue weighted by Gasteiger charge is -2.34. The van der Waals surface area contributed by atoms with Gasteiger partial charge in [-0.15, -0.1) is 0 Å². The Morgan fingerprint density at radius 3 is 2.56 bits per heavy atom. The third-order valence-electron chi connectivity index (χ3n) is 3.89. The highest BCUT2D eigenvalue weighted by atomic mass is 16.3. The minimum Gasteiger partial charge on any atom is -0.393 e. The molecule has 2 aliphatic heterocycles. The first-order chi connectivity index (χ1) is 7.68. The van der Waals surface area contributed by atoms with Crippen molar-refractivity contribution in [3.05, 3.63) is 0 Å². The standard InChI is InChI=1S/C12H22N2O2/c1-9(15)10-4-7-14(8-5-10)12(16)11-3-2-6-13-11/h9-11,13,15H,2-8H2,1H3/t9-,11+/m1/s1. The normalized spacial score (nSPS) is 29.4. The largest absolute Gasteiger partial charge is 0.393 e. The quantitative estimate of drug-likeness (QED) is 0.715. The van der Waals surface area contributed by atoms with Crippen molar-refractivity contribution in [1.29, 1.82) is 0 Å². The molecule has 2 heterocycles. The van der Waals surface area contributed by atoms with Crippen LogP contribution >= 0.6 is 0 Å². The molecule has 1 amide bonds. The molecule has 4 nitrogen and oxygen atoms in total. The minimum atomic E-state index is -0.234. The molecular formula is C12H22N2O2. The van der Waals surface area contributed by atoms with E-state index in [1.54, 1.807) is 0 Å². The summed E-state index contributed by atoms with van der Waals surface area (Å²) in [5.41, 5.74) is 0. The lowest BCUT2D eigenvalue weighted by atomic mass is 9.92. The van der Waals surface area contributed by atoms with Crippen LogP contribution in [0.15, 0.2) is 0 Å². The molecule has 0 saturated carbocycles. The Morgan fingerprint density at radius 1 is 1.38 bits per heavy atom. The fourth-order valence-corrected chi connectivity index (χ4v) is 2.72. The summed E-state index contributed by atoms with van der Waals surface area (Å²) in [5.74, 6) is 0.641. The van der Waals surface area contributed by atoms with Crippen molar-refractivity contribution in [2.24, 2.45) is 5.92 Å². The van der Waals surface area contributed by atoms with Gasteiger partial charge < -0.3 is 15.3 Å². The molecule has 16 heavy (non-hydrogen) atoms. The van der Waals surface area contributed by atoms with Gasteiger partial charge in [-0.3, -0.25) is 4.79 Å². The van der Waals surface area contributed by atoms with Gasteiger partial charge in [0.25, 0.3) is 0 Å². The van der Waals surface area contributed by atoms with Gasteiger partial charge in [0.1, 0.15) is 0 Å². The number of nitrogens with zero attached hydrogens (tertiary/aromatic N) is 1. The average molecular weight is 226 g/mol. The van der Waals surface area contributed by atoms with Gasteiger partial charge in [-0.1, -0.05) is 0 Å². The Bertz CT molecular complexity index is 241. The van der Waals surface area contributed by atoms with Gasteiger partial charge in [0, 0.05) is 13.1 Å². The number of aliphatic hydroxyl groups excluding tert-OH is 1. The van der Waals surface area contributed by atoms with E-state index in [9.17, 15) is 9.90 Å². The van der Waals surface area contributed by atoms with Crippen molar-refractivity contribution in [3.8, 4) is 0 Å². The topological polar surface area (TPSA) is 52.6 Å². The second-order valence-corrected chi connectivity index (χ2v) is 5.05. The number of amides is 1. The van der Waals surface area contributed by atoms with E-state index in [1.807, 2.05) is 11.8 Å². The Labute approximate surface area is 97.0 Å². The first-order valence-electron chi connectivity index (χ1n) is 6.38. The average Bonchev–Trinajstić information content (AvgIpc) is 2.81. The van der Waals surface area contributed by atoms with Gasteiger partial charge in [0.15, 0.2) is 0 Å². The van der Waals surface area contributed by atoms with Crippen molar-refractivity contribution in [2.75, 3.05) is 19.6 Å². The zero-order valence-electron chi connectivity index (χ0n) is 9.98. The van der Waals surface area contributed by atoms with Crippen LogP contribution in [-0.2, 0) is 4.79 Å². The van der Waals surface area contributed by atoms with E-state index in [4.69, 9.17) is 0 Å². The van der Waals surface area contributed by atoms with Crippen LogP contribution in [-0.4, -0.2) is 47.7 Å². The highest BCUT2D eigenvalue weighted by molar-refractivity contribution is 5.82. The molecule has 2 N–H and O–H groups in total.